The minimum Gasteiger partial charge on any atom is -0.439 e. The second-order valence-corrected chi connectivity index (χ2v) is 7.39. The van der Waals surface area contributed by atoms with Crippen LogP contribution in [0.15, 0.2) is 60.8 Å². The third-order valence-electron chi connectivity index (χ3n) is 5.53. The summed E-state index contributed by atoms with van der Waals surface area (Å²) >= 11 is 0. The van der Waals surface area contributed by atoms with E-state index in [-0.39, 0.29) is 0 Å². The van der Waals surface area contributed by atoms with Gasteiger partial charge in [0.15, 0.2) is 0 Å². The highest BCUT2D eigenvalue weighted by Crippen LogP contribution is 2.38. The fourth-order valence-corrected chi connectivity index (χ4v) is 3.92. The molecule has 0 bridgehead atoms. The summed E-state index contributed by atoms with van der Waals surface area (Å²) < 4.78 is 5.96. The van der Waals surface area contributed by atoms with Gasteiger partial charge in [0.2, 0.25) is 11.8 Å². The van der Waals surface area contributed by atoms with Gasteiger partial charge in [0.25, 0.3) is 0 Å². The van der Waals surface area contributed by atoms with E-state index >= 15 is 0 Å². The van der Waals surface area contributed by atoms with Crippen LogP contribution in [0.5, 0.6) is 11.6 Å². The SMILES string of the molecule is Cc1c(Oc2ccc(C(N)=O)cn2)ccc2c1CCC2NCCc1ccccc1. The van der Waals surface area contributed by atoms with Crippen molar-refractivity contribution in [1.29, 1.82) is 0 Å². The molecule has 0 spiro atoms. The quantitative estimate of drug-likeness (QED) is 0.640. The number of hydrogen-bond donors (Lipinski definition) is 2. The molecule has 3 N–H and O–H groups in total. The number of fused-ring (bicyclic) bond motifs is 1. The summed E-state index contributed by atoms with van der Waals surface area (Å²) in [5, 5.41) is 3.70. The number of carbonyl (C=O) groups excluding carboxylic acids is 1. The van der Waals surface area contributed by atoms with Crippen molar-refractivity contribution < 1.29 is 9.53 Å². The number of nitrogens with one attached hydrogen (secondary N) is 1. The van der Waals surface area contributed by atoms with Crippen LogP contribution in [0.3, 0.4) is 0 Å². The fourth-order valence-electron chi connectivity index (χ4n) is 3.92. The highest BCUT2D eigenvalue weighted by atomic mass is 16.5. The summed E-state index contributed by atoms with van der Waals surface area (Å²) in [6.45, 7) is 3.06. The van der Waals surface area contributed by atoms with E-state index in [1.807, 2.05) is 12.1 Å². The maximum absolute atomic E-state index is 11.2. The van der Waals surface area contributed by atoms with Crippen LogP contribution in [0.2, 0.25) is 0 Å². The van der Waals surface area contributed by atoms with E-state index in [1.54, 1.807) is 12.1 Å². The standard InChI is InChI=1S/C24H25N3O2/c1-16-19-8-10-21(26-14-13-17-5-3-2-4-6-17)20(19)9-11-22(16)29-23-12-7-18(15-27-23)24(25)28/h2-7,9,11-12,15,21,26H,8,10,13-14H2,1H3,(H2,25,28). The van der Waals surface area contributed by atoms with Crippen molar-refractivity contribution in [3.8, 4) is 11.6 Å². The minimum atomic E-state index is -0.497. The van der Waals surface area contributed by atoms with Gasteiger partial charge >= 0.3 is 0 Å². The molecule has 5 heteroatoms. The molecule has 0 saturated heterocycles. The van der Waals surface area contributed by atoms with Gasteiger partial charge in [-0.2, -0.15) is 0 Å². The molecule has 2 aromatic carbocycles. The highest BCUT2D eigenvalue weighted by Gasteiger charge is 2.25. The lowest BCUT2D eigenvalue weighted by molar-refractivity contribution is 0.1000. The van der Waals surface area contributed by atoms with Gasteiger partial charge in [-0.25, -0.2) is 4.98 Å². The average Bonchev–Trinajstić information content (AvgIpc) is 3.15. The van der Waals surface area contributed by atoms with E-state index in [0.717, 1.165) is 37.1 Å². The van der Waals surface area contributed by atoms with E-state index in [1.165, 1.54) is 22.9 Å². The first kappa shape index (κ1) is 19.2. The largest absolute Gasteiger partial charge is 0.439 e. The number of primary amides is 1. The Balaban J connectivity index is 1.42. The van der Waals surface area contributed by atoms with E-state index in [4.69, 9.17) is 10.5 Å². The first-order chi connectivity index (χ1) is 14.1. The lowest BCUT2D eigenvalue weighted by Crippen LogP contribution is -2.21. The van der Waals surface area contributed by atoms with Crippen molar-refractivity contribution >= 4 is 5.91 Å². The van der Waals surface area contributed by atoms with Gasteiger partial charge in [-0.05, 0) is 67.1 Å². The molecule has 4 rings (SSSR count). The molecule has 1 aromatic heterocycles. The zero-order valence-corrected chi connectivity index (χ0v) is 16.5. The Bertz CT molecular complexity index is 1000. The molecule has 1 amide bonds. The maximum atomic E-state index is 11.2. The number of hydrogen-bond acceptors (Lipinski definition) is 4. The topological polar surface area (TPSA) is 77.2 Å². The van der Waals surface area contributed by atoms with Crippen molar-refractivity contribution in [2.75, 3.05) is 6.54 Å². The number of nitrogens with two attached hydrogens (primary N) is 1. The third-order valence-corrected chi connectivity index (χ3v) is 5.53. The molecular weight excluding hydrogens is 362 g/mol. The number of aromatic nitrogens is 1. The highest BCUT2D eigenvalue weighted by molar-refractivity contribution is 5.92. The van der Waals surface area contributed by atoms with Gasteiger partial charge in [-0.15, -0.1) is 0 Å². The monoisotopic (exact) mass is 387 g/mol. The molecule has 1 aliphatic rings. The van der Waals surface area contributed by atoms with E-state index in [9.17, 15) is 4.79 Å². The van der Waals surface area contributed by atoms with Crippen molar-refractivity contribution in [1.82, 2.24) is 10.3 Å². The number of ether oxygens (including phenoxy) is 1. The molecule has 0 saturated carbocycles. The van der Waals surface area contributed by atoms with E-state index in [0.29, 0.717) is 17.5 Å². The summed E-state index contributed by atoms with van der Waals surface area (Å²) in [6.07, 6.45) is 4.60. The van der Waals surface area contributed by atoms with Gasteiger partial charge in [0.05, 0.1) is 5.56 Å². The summed E-state index contributed by atoms with van der Waals surface area (Å²) in [4.78, 5) is 15.4. The molecule has 0 radical (unpaired) electrons. The molecule has 1 aliphatic carbocycles. The van der Waals surface area contributed by atoms with Crippen LogP contribution in [-0.2, 0) is 12.8 Å². The summed E-state index contributed by atoms with van der Waals surface area (Å²) in [5.41, 5.74) is 10.8. The molecule has 0 aliphatic heterocycles. The first-order valence-electron chi connectivity index (χ1n) is 9.95. The predicted octanol–water partition coefficient (Wildman–Crippen LogP) is 4.10. The van der Waals surface area contributed by atoms with Crippen LogP contribution >= 0.6 is 0 Å². The van der Waals surface area contributed by atoms with E-state index in [2.05, 4.69) is 47.6 Å². The predicted molar refractivity (Wildman–Crippen MR) is 113 cm³/mol. The van der Waals surface area contributed by atoms with Crippen molar-refractivity contribution in [2.45, 2.75) is 32.2 Å². The van der Waals surface area contributed by atoms with Gasteiger partial charge in [0.1, 0.15) is 5.75 Å². The van der Waals surface area contributed by atoms with Crippen LogP contribution in [0.4, 0.5) is 0 Å². The molecule has 5 nitrogen and oxygen atoms in total. The Hall–Kier alpha value is -3.18. The van der Waals surface area contributed by atoms with Crippen LogP contribution in [-0.4, -0.2) is 17.4 Å². The Morgan fingerprint density at radius 1 is 1.17 bits per heavy atom. The molecular formula is C24H25N3O2. The van der Waals surface area contributed by atoms with E-state index < -0.39 is 5.91 Å². The number of carbonyl (C=O) groups is 1. The number of benzene rings is 2. The lowest BCUT2D eigenvalue weighted by atomic mass is 10.0. The lowest BCUT2D eigenvalue weighted by Gasteiger charge is -2.16. The summed E-state index contributed by atoms with van der Waals surface area (Å²) in [7, 11) is 0. The molecule has 1 unspecified atom stereocenters. The molecule has 3 aromatic rings. The molecule has 29 heavy (non-hydrogen) atoms. The molecule has 1 heterocycles. The number of rotatable bonds is 7. The molecule has 148 valence electrons. The van der Waals surface area contributed by atoms with Gasteiger partial charge in [0, 0.05) is 18.3 Å². The smallest absolute Gasteiger partial charge is 0.250 e. The van der Waals surface area contributed by atoms with Crippen molar-refractivity contribution in [3.05, 3.63) is 88.6 Å². The summed E-state index contributed by atoms with van der Waals surface area (Å²) in [5.74, 6) is 0.755. The third kappa shape index (κ3) is 4.30. The number of pyridine rings is 1. The maximum Gasteiger partial charge on any atom is 0.250 e. The molecule has 1 atom stereocenters. The molecule has 0 fully saturated rings. The van der Waals surface area contributed by atoms with Crippen molar-refractivity contribution in [2.24, 2.45) is 5.73 Å². The fraction of sp³-hybridized carbons (Fsp3) is 0.250. The first-order valence-corrected chi connectivity index (χ1v) is 9.95. The zero-order valence-electron chi connectivity index (χ0n) is 16.5. The normalized spacial score (nSPS) is 15.1. The van der Waals surface area contributed by atoms with Crippen LogP contribution < -0.4 is 15.8 Å². The Morgan fingerprint density at radius 2 is 2.00 bits per heavy atom. The van der Waals surface area contributed by atoms with Gasteiger partial charge in [-0.1, -0.05) is 36.4 Å². The second-order valence-electron chi connectivity index (χ2n) is 7.39. The zero-order chi connectivity index (χ0) is 20.2. The van der Waals surface area contributed by atoms with Gasteiger partial charge in [-0.3, -0.25) is 4.79 Å². The Labute approximate surface area is 170 Å². The number of amides is 1. The summed E-state index contributed by atoms with van der Waals surface area (Å²) in [6, 6.07) is 18.4. The van der Waals surface area contributed by atoms with Crippen molar-refractivity contribution in [3.63, 3.8) is 0 Å². The number of nitrogens with zero attached hydrogens (tertiary/aromatic N) is 1. The average molecular weight is 387 g/mol. The van der Waals surface area contributed by atoms with Crippen LogP contribution in [0, 0.1) is 6.92 Å². The Morgan fingerprint density at radius 3 is 2.72 bits per heavy atom. The Kier molecular flexibility index (Phi) is 5.58. The van der Waals surface area contributed by atoms with Crippen LogP contribution in [0.25, 0.3) is 0 Å². The second kappa shape index (κ2) is 8.45. The van der Waals surface area contributed by atoms with Gasteiger partial charge < -0.3 is 15.8 Å². The minimum absolute atomic E-state index is 0.368. The van der Waals surface area contributed by atoms with Crippen LogP contribution in [0.1, 0.15) is 45.1 Å².